The zero-order chi connectivity index (χ0) is 53.3. The molecule has 73 heavy (non-hydrogen) atoms. The molecule has 388 valence electrons. The summed E-state index contributed by atoms with van der Waals surface area (Å²) in [5, 5.41) is 2.23. The molecule has 2 heterocycles. The fourth-order valence-corrected chi connectivity index (χ4v) is 15.5. The molecule has 6 N–H and O–H groups in total. The van der Waals surface area contributed by atoms with Crippen molar-refractivity contribution in [2.45, 2.75) is 81.6 Å². The van der Waals surface area contributed by atoms with E-state index < -0.39 is 74.5 Å². The number of benzene rings is 4. The minimum Gasteiger partial charge on any atom is -0.382 e. The van der Waals surface area contributed by atoms with Crippen LogP contribution in [0.3, 0.4) is 0 Å². The molecule has 25 heteroatoms. The Bertz CT molecular complexity index is 3260. The first kappa shape index (κ1) is 56.0. The van der Waals surface area contributed by atoms with Crippen molar-refractivity contribution in [3.63, 3.8) is 0 Å². The van der Waals surface area contributed by atoms with Gasteiger partial charge in [-0.1, -0.05) is 54.1 Å². The number of nitrogens with one attached hydrogen (secondary N) is 2. The predicted molar refractivity (Wildman–Crippen MR) is 275 cm³/mol. The van der Waals surface area contributed by atoms with Crippen molar-refractivity contribution < 1.29 is 58.0 Å². The number of carbonyl (C=O) groups excluding carboxylic acids is 2. The Hall–Kier alpha value is -6.29. The van der Waals surface area contributed by atoms with Crippen LogP contribution in [0.25, 0.3) is 22.5 Å². The van der Waals surface area contributed by atoms with Gasteiger partial charge in [0.1, 0.15) is 0 Å². The van der Waals surface area contributed by atoms with Gasteiger partial charge in [0.25, 0.3) is 11.8 Å². The molecule has 0 radical (unpaired) electrons. The summed E-state index contributed by atoms with van der Waals surface area (Å²) < 4.78 is 117. The first-order valence-electron chi connectivity index (χ1n) is 22.7. The van der Waals surface area contributed by atoms with Gasteiger partial charge in [0, 0.05) is 22.5 Å². The van der Waals surface area contributed by atoms with Gasteiger partial charge in [-0.2, -0.15) is 0 Å². The van der Waals surface area contributed by atoms with Crippen LogP contribution >= 0.6 is 15.2 Å². The number of nitrogens with two attached hydrogens (primary N) is 2. The van der Waals surface area contributed by atoms with Crippen molar-refractivity contribution in [2.24, 2.45) is 0 Å². The third-order valence-corrected chi connectivity index (χ3v) is 20.4. The Balaban J connectivity index is 1.05. The SMILES string of the molecule is CCOP(=O)(OCC)C(F)S(=O)(=O)c1ccc(NC(=O)c2nc(-c3ccc(CCC(C)OP(=O)(CS(=O)(=O)c4ccc(NC(=O)c5nc(-c6ccc(C)cc6)cnc5N)cc4)OC(C)C)cc3)cnc2N)cc1. The van der Waals surface area contributed by atoms with E-state index in [1.807, 2.05) is 31.2 Å². The third kappa shape index (κ3) is 14.3. The van der Waals surface area contributed by atoms with Crippen LogP contribution in [-0.4, -0.2) is 84.7 Å². The first-order chi connectivity index (χ1) is 34.5. The number of alkyl halides is 1. The van der Waals surface area contributed by atoms with E-state index in [4.69, 9.17) is 29.6 Å². The summed E-state index contributed by atoms with van der Waals surface area (Å²) in [7, 11) is -18.0. The minimum atomic E-state index is -4.83. The molecule has 0 aliphatic carbocycles. The lowest BCUT2D eigenvalue weighted by Gasteiger charge is -2.24. The van der Waals surface area contributed by atoms with Crippen LogP contribution in [-0.2, 0) is 53.3 Å². The molecule has 0 aliphatic heterocycles. The van der Waals surface area contributed by atoms with Gasteiger partial charge in [0.05, 0.1) is 59.0 Å². The second-order valence-electron chi connectivity index (χ2n) is 16.7. The predicted octanol–water partition coefficient (Wildman–Crippen LogP) is 9.26. The molecule has 0 saturated carbocycles. The number of aromatic nitrogens is 4. The Morgan fingerprint density at radius 1 is 0.671 bits per heavy atom. The van der Waals surface area contributed by atoms with Crippen LogP contribution in [0.15, 0.2) is 119 Å². The average Bonchev–Trinajstić information content (AvgIpc) is 3.33. The fraction of sp³-hybridized carbons (Fsp3) is 0.292. The van der Waals surface area contributed by atoms with Crippen LogP contribution in [0.1, 0.15) is 73.1 Å². The van der Waals surface area contributed by atoms with E-state index in [1.165, 1.54) is 62.6 Å². The van der Waals surface area contributed by atoms with Gasteiger partial charge in [-0.3, -0.25) is 18.7 Å². The van der Waals surface area contributed by atoms with Gasteiger partial charge < -0.3 is 40.2 Å². The molecule has 20 nitrogen and oxygen atoms in total. The van der Waals surface area contributed by atoms with Crippen LogP contribution in [0.5, 0.6) is 0 Å². The second kappa shape index (κ2) is 23.7. The van der Waals surface area contributed by atoms with Crippen molar-refractivity contribution in [2.75, 3.05) is 40.8 Å². The molecule has 0 spiro atoms. The number of hydrogen-bond donors (Lipinski definition) is 4. The van der Waals surface area contributed by atoms with E-state index in [-0.39, 0.29) is 52.5 Å². The zero-order valence-corrected chi connectivity index (χ0v) is 44.0. The molecule has 6 rings (SSSR count). The molecule has 0 bridgehead atoms. The molecular weight excluding hydrogens is 1030 g/mol. The largest absolute Gasteiger partial charge is 0.382 e. The molecule has 0 saturated heterocycles. The van der Waals surface area contributed by atoms with Gasteiger partial charge in [0.15, 0.2) is 38.4 Å². The Labute approximate surface area is 422 Å². The number of aryl methyl sites for hydroxylation is 2. The Kier molecular flexibility index (Phi) is 18.2. The number of hydrogen-bond acceptors (Lipinski definition) is 18. The summed E-state index contributed by atoms with van der Waals surface area (Å²) in [5.41, 5.74) is 15.0. The van der Waals surface area contributed by atoms with E-state index in [9.17, 15) is 35.6 Å². The molecule has 0 aliphatic rings. The summed E-state index contributed by atoms with van der Waals surface area (Å²) in [5.74, 6) is -1.73. The molecule has 2 aromatic heterocycles. The first-order valence-corrected chi connectivity index (χ1v) is 29.2. The Morgan fingerprint density at radius 3 is 1.58 bits per heavy atom. The lowest BCUT2D eigenvalue weighted by atomic mass is 10.0. The standard InChI is InChI=1S/C48H55FN8O12P2S2/c1-7-66-71(61,67-8-2)48(49)73(64,65)39-25-21-37(22-26-39)55-47(59)43-45(51)53-28-41(57-43)35-17-13-33(14-18-35)12-11-32(6)69-70(60,68-30(3)4)29-72(62,63)38-23-19-36(20-24-38)54-46(58)42-44(50)52-27-40(56-42)34-15-9-31(5)10-16-34/h9-10,13-28,30,32,48H,7-8,11-12,29H2,1-6H3,(H2,50,52)(H2,51,53)(H,54,58)(H,55,59). The maximum absolute atomic E-state index is 15.2. The lowest BCUT2D eigenvalue weighted by molar-refractivity contribution is 0.101. The topological polar surface area (TPSA) is 301 Å². The zero-order valence-electron chi connectivity index (χ0n) is 40.6. The van der Waals surface area contributed by atoms with Crippen LogP contribution in [0.4, 0.5) is 27.4 Å². The highest BCUT2D eigenvalue weighted by Crippen LogP contribution is 2.57. The number of sulfone groups is 2. The van der Waals surface area contributed by atoms with E-state index in [1.54, 1.807) is 45.0 Å². The van der Waals surface area contributed by atoms with Crippen LogP contribution in [0.2, 0.25) is 0 Å². The highest BCUT2D eigenvalue weighted by Gasteiger charge is 2.46. The van der Waals surface area contributed by atoms with Crippen molar-refractivity contribution in [1.29, 1.82) is 0 Å². The van der Waals surface area contributed by atoms with Crippen molar-refractivity contribution in [3.8, 4) is 22.5 Å². The number of halogens is 1. The maximum atomic E-state index is 15.2. The number of amides is 2. The molecule has 2 amide bonds. The number of anilines is 4. The van der Waals surface area contributed by atoms with Crippen LogP contribution in [0, 0.1) is 6.92 Å². The smallest absolute Gasteiger partial charge is 0.380 e. The van der Waals surface area contributed by atoms with E-state index in [0.717, 1.165) is 28.8 Å². The van der Waals surface area contributed by atoms with E-state index >= 15 is 4.39 Å². The molecular formula is C48H55FN8O12P2S2. The highest BCUT2D eigenvalue weighted by molar-refractivity contribution is 7.98. The van der Waals surface area contributed by atoms with Gasteiger partial charge >= 0.3 is 20.4 Å². The van der Waals surface area contributed by atoms with Crippen molar-refractivity contribution in [3.05, 3.63) is 132 Å². The van der Waals surface area contributed by atoms with Gasteiger partial charge in [0.2, 0.25) is 9.84 Å². The third-order valence-electron chi connectivity index (χ3n) is 10.5. The number of nitrogen functional groups attached to an aromatic ring is 2. The number of nitrogens with zero attached hydrogens (tertiary/aromatic N) is 4. The fourth-order valence-electron chi connectivity index (χ4n) is 7.01. The minimum absolute atomic E-state index is 0.0926. The highest BCUT2D eigenvalue weighted by atomic mass is 32.2. The summed E-state index contributed by atoms with van der Waals surface area (Å²) in [6, 6.07) is 24.3. The van der Waals surface area contributed by atoms with Gasteiger partial charge in [-0.15, -0.1) is 0 Å². The van der Waals surface area contributed by atoms with Crippen molar-refractivity contribution >= 4 is 69.7 Å². The summed E-state index contributed by atoms with van der Waals surface area (Å²) >= 11 is 0. The van der Waals surface area contributed by atoms with Gasteiger partial charge in [-0.25, -0.2) is 41.2 Å². The monoisotopic (exact) mass is 1080 g/mol. The van der Waals surface area contributed by atoms with E-state index in [2.05, 4.69) is 30.6 Å². The number of carbonyl (C=O) groups is 2. The van der Waals surface area contributed by atoms with Crippen molar-refractivity contribution in [1.82, 2.24) is 19.9 Å². The maximum Gasteiger partial charge on any atom is 0.380 e. The van der Waals surface area contributed by atoms with Crippen LogP contribution < -0.4 is 22.1 Å². The summed E-state index contributed by atoms with van der Waals surface area (Å²) in [6.07, 6.45) is 2.21. The van der Waals surface area contributed by atoms with E-state index in [0.29, 0.717) is 29.8 Å². The Morgan fingerprint density at radius 2 is 1.12 bits per heavy atom. The molecule has 3 unspecified atom stereocenters. The molecule has 3 atom stereocenters. The second-order valence-corrected chi connectivity index (χ2v) is 25.4. The summed E-state index contributed by atoms with van der Waals surface area (Å²) in [6.45, 7) is 9.15. The number of rotatable bonds is 23. The molecule has 0 fully saturated rings. The van der Waals surface area contributed by atoms with Gasteiger partial charge in [-0.05, 0) is 108 Å². The average molecular weight is 1080 g/mol. The normalized spacial score (nSPS) is 13.8. The quantitative estimate of drug-likeness (QED) is 0.0434. The molecule has 4 aromatic carbocycles. The summed E-state index contributed by atoms with van der Waals surface area (Å²) in [4.78, 5) is 42.8. The lowest BCUT2D eigenvalue weighted by Crippen LogP contribution is -2.20. The molecule has 6 aromatic rings.